The Labute approximate surface area is 119 Å². The van der Waals surface area contributed by atoms with Crippen molar-refractivity contribution in [1.82, 2.24) is 4.90 Å². The van der Waals surface area contributed by atoms with E-state index in [1.165, 1.54) is 26.4 Å². The van der Waals surface area contributed by atoms with Crippen molar-refractivity contribution in [3.63, 3.8) is 0 Å². The second-order valence-electron chi connectivity index (χ2n) is 5.76. The van der Waals surface area contributed by atoms with Gasteiger partial charge in [-0.3, -0.25) is 4.79 Å². The Bertz CT molecular complexity index is 514. The largest absolute Gasteiger partial charge is 0.504 e. The maximum absolute atomic E-state index is 12.7. The van der Waals surface area contributed by atoms with Gasteiger partial charge in [0.05, 0.1) is 12.7 Å². The van der Waals surface area contributed by atoms with Crippen LogP contribution < -0.4 is 4.74 Å². The van der Waals surface area contributed by atoms with Gasteiger partial charge < -0.3 is 14.7 Å². The number of phenols is 1. The zero-order valence-corrected chi connectivity index (χ0v) is 11.8. The molecule has 0 spiro atoms. The van der Waals surface area contributed by atoms with Crippen LogP contribution in [0.15, 0.2) is 18.2 Å². The summed E-state index contributed by atoms with van der Waals surface area (Å²) in [5, 5.41) is 10.2. The molecular formula is C16H21NO3. The van der Waals surface area contributed by atoms with Crippen LogP contribution in [-0.4, -0.2) is 35.6 Å². The number of carbonyl (C=O) groups excluding carboxylic acids is 1. The monoisotopic (exact) mass is 275 g/mol. The van der Waals surface area contributed by atoms with E-state index in [1.807, 2.05) is 4.90 Å². The van der Waals surface area contributed by atoms with Crippen molar-refractivity contribution in [2.24, 2.45) is 5.92 Å². The summed E-state index contributed by atoms with van der Waals surface area (Å²) in [7, 11) is 1.50. The first-order valence-corrected chi connectivity index (χ1v) is 7.39. The van der Waals surface area contributed by atoms with Crippen molar-refractivity contribution in [1.29, 1.82) is 0 Å². The lowest BCUT2D eigenvalue weighted by atomic mass is 9.91. The lowest BCUT2D eigenvalue weighted by molar-refractivity contribution is 0.0545. The second kappa shape index (κ2) is 5.35. The van der Waals surface area contributed by atoms with Crippen LogP contribution in [0.5, 0.6) is 11.5 Å². The highest BCUT2D eigenvalue weighted by molar-refractivity contribution is 5.98. The van der Waals surface area contributed by atoms with E-state index in [9.17, 15) is 9.90 Å². The molecule has 0 radical (unpaired) electrons. The van der Waals surface area contributed by atoms with Gasteiger partial charge in [-0.2, -0.15) is 0 Å². The fraction of sp³-hybridized carbons (Fsp3) is 0.562. The number of piperidine rings is 1. The third kappa shape index (κ3) is 2.13. The van der Waals surface area contributed by atoms with Gasteiger partial charge in [-0.15, -0.1) is 0 Å². The Morgan fingerprint density at radius 3 is 2.90 bits per heavy atom. The summed E-state index contributed by atoms with van der Waals surface area (Å²) in [5.41, 5.74) is 0.358. The number of amides is 1. The lowest BCUT2D eigenvalue weighted by Crippen LogP contribution is -2.46. The minimum atomic E-state index is -0.0574. The Balaban J connectivity index is 1.88. The third-order valence-corrected chi connectivity index (χ3v) is 4.70. The van der Waals surface area contributed by atoms with Crippen molar-refractivity contribution in [2.75, 3.05) is 13.7 Å². The lowest BCUT2D eigenvalue weighted by Gasteiger charge is -2.38. The number of fused-ring (bicyclic) bond motifs is 1. The summed E-state index contributed by atoms with van der Waals surface area (Å²) in [6.07, 6.45) is 5.85. The van der Waals surface area contributed by atoms with E-state index in [0.29, 0.717) is 23.3 Å². The minimum absolute atomic E-state index is 0.0416. The average Bonchev–Trinajstić information content (AvgIpc) is 2.95. The number of methoxy groups -OCH3 is 1. The van der Waals surface area contributed by atoms with Gasteiger partial charge in [0.25, 0.3) is 5.91 Å². The number of nitrogens with zero attached hydrogens (tertiary/aromatic N) is 1. The van der Waals surface area contributed by atoms with E-state index in [1.54, 1.807) is 18.2 Å². The van der Waals surface area contributed by atoms with Crippen LogP contribution in [0, 0.1) is 5.92 Å². The van der Waals surface area contributed by atoms with Gasteiger partial charge in [-0.05, 0) is 43.7 Å². The van der Waals surface area contributed by atoms with Gasteiger partial charge in [0.15, 0.2) is 11.5 Å². The molecule has 3 rings (SSSR count). The summed E-state index contributed by atoms with van der Waals surface area (Å²) >= 11 is 0. The molecule has 20 heavy (non-hydrogen) atoms. The molecule has 1 aromatic carbocycles. The number of hydrogen-bond donors (Lipinski definition) is 1. The molecule has 1 saturated carbocycles. The fourth-order valence-corrected chi connectivity index (χ4v) is 3.72. The number of likely N-dealkylation sites (tertiary alicyclic amines) is 1. The molecule has 0 bridgehead atoms. The first-order valence-electron chi connectivity index (χ1n) is 7.39. The predicted molar refractivity (Wildman–Crippen MR) is 76.1 cm³/mol. The third-order valence-electron chi connectivity index (χ3n) is 4.70. The van der Waals surface area contributed by atoms with Crippen molar-refractivity contribution in [2.45, 2.75) is 38.1 Å². The number of rotatable bonds is 2. The first-order chi connectivity index (χ1) is 9.72. The fourth-order valence-electron chi connectivity index (χ4n) is 3.72. The van der Waals surface area contributed by atoms with Crippen LogP contribution in [0.3, 0.4) is 0 Å². The van der Waals surface area contributed by atoms with Gasteiger partial charge in [0.1, 0.15) is 0 Å². The highest BCUT2D eigenvalue weighted by atomic mass is 16.5. The molecule has 1 aromatic rings. The number of hydrogen-bond acceptors (Lipinski definition) is 3. The van der Waals surface area contributed by atoms with Gasteiger partial charge in [-0.25, -0.2) is 0 Å². The molecule has 4 nitrogen and oxygen atoms in total. The van der Waals surface area contributed by atoms with Crippen LogP contribution >= 0.6 is 0 Å². The summed E-state index contributed by atoms with van der Waals surface area (Å²) in [6.45, 7) is 0.802. The Morgan fingerprint density at radius 2 is 2.10 bits per heavy atom. The van der Waals surface area contributed by atoms with E-state index < -0.39 is 0 Å². The number of phenolic OH excluding ortho intramolecular Hbond substituents is 1. The summed E-state index contributed by atoms with van der Waals surface area (Å²) in [4.78, 5) is 14.7. The Kier molecular flexibility index (Phi) is 3.55. The van der Waals surface area contributed by atoms with E-state index >= 15 is 0 Å². The number of benzene rings is 1. The molecule has 2 aliphatic rings. The summed E-state index contributed by atoms with van der Waals surface area (Å²) in [6, 6.07) is 5.46. The standard InChI is InChI=1S/C16H21NO3/c1-20-14-9-3-7-12(15(14)18)16(19)17-10-4-6-11-5-2-8-13(11)17/h3,7,9,11,13,18H,2,4-6,8,10H2,1H3. The van der Waals surface area contributed by atoms with Crippen LogP contribution in [0.4, 0.5) is 0 Å². The molecule has 1 aliphatic heterocycles. The van der Waals surface area contributed by atoms with Crippen LogP contribution in [0.25, 0.3) is 0 Å². The number of para-hydroxylation sites is 1. The van der Waals surface area contributed by atoms with Gasteiger partial charge in [-0.1, -0.05) is 12.5 Å². The molecule has 2 fully saturated rings. The van der Waals surface area contributed by atoms with Crippen molar-refractivity contribution < 1.29 is 14.6 Å². The van der Waals surface area contributed by atoms with Crippen molar-refractivity contribution in [3.05, 3.63) is 23.8 Å². The average molecular weight is 275 g/mol. The predicted octanol–water partition coefficient (Wildman–Crippen LogP) is 2.81. The molecule has 1 N–H and O–H groups in total. The van der Waals surface area contributed by atoms with Gasteiger partial charge in [0, 0.05) is 12.6 Å². The first kappa shape index (κ1) is 13.3. The Morgan fingerprint density at radius 1 is 1.30 bits per heavy atom. The number of carbonyl (C=O) groups is 1. The van der Waals surface area contributed by atoms with E-state index in [0.717, 1.165) is 19.4 Å². The zero-order chi connectivity index (χ0) is 14.1. The maximum Gasteiger partial charge on any atom is 0.258 e. The molecule has 1 amide bonds. The molecule has 1 aliphatic carbocycles. The normalized spacial score (nSPS) is 25.4. The number of ether oxygens (including phenoxy) is 1. The maximum atomic E-state index is 12.7. The topological polar surface area (TPSA) is 49.8 Å². The van der Waals surface area contributed by atoms with Crippen LogP contribution in [0.2, 0.25) is 0 Å². The zero-order valence-electron chi connectivity index (χ0n) is 11.8. The molecule has 0 aromatic heterocycles. The van der Waals surface area contributed by atoms with Crippen molar-refractivity contribution >= 4 is 5.91 Å². The molecule has 1 heterocycles. The quantitative estimate of drug-likeness (QED) is 0.903. The highest BCUT2D eigenvalue weighted by Crippen LogP contribution is 2.39. The molecule has 4 heteroatoms. The molecule has 2 unspecified atom stereocenters. The highest BCUT2D eigenvalue weighted by Gasteiger charge is 2.38. The SMILES string of the molecule is COc1cccc(C(=O)N2CCCC3CCCC32)c1O. The van der Waals surface area contributed by atoms with Crippen LogP contribution in [0.1, 0.15) is 42.5 Å². The van der Waals surface area contributed by atoms with Gasteiger partial charge in [0.2, 0.25) is 0 Å². The molecule has 1 saturated heterocycles. The second-order valence-corrected chi connectivity index (χ2v) is 5.76. The summed E-state index contributed by atoms with van der Waals surface area (Å²) in [5.74, 6) is 0.911. The minimum Gasteiger partial charge on any atom is -0.504 e. The smallest absolute Gasteiger partial charge is 0.258 e. The number of aromatic hydroxyl groups is 1. The van der Waals surface area contributed by atoms with E-state index in [4.69, 9.17) is 4.74 Å². The van der Waals surface area contributed by atoms with Crippen molar-refractivity contribution in [3.8, 4) is 11.5 Å². The molecule has 108 valence electrons. The van der Waals surface area contributed by atoms with E-state index in [2.05, 4.69) is 0 Å². The van der Waals surface area contributed by atoms with Crippen LogP contribution in [-0.2, 0) is 0 Å². The van der Waals surface area contributed by atoms with E-state index in [-0.39, 0.29) is 11.7 Å². The molecular weight excluding hydrogens is 254 g/mol. The molecule has 2 atom stereocenters. The summed E-state index contributed by atoms with van der Waals surface area (Å²) < 4.78 is 5.09. The van der Waals surface area contributed by atoms with Gasteiger partial charge >= 0.3 is 0 Å². The Hall–Kier alpha value is -1.71.